The first-order chi connectivity index (χ1) is 8.84. The minimum atomic E-state index is -4.64. The van der Waals surface area contributed by atoms with Gasteiger partial charge in [-0.1, -0.05) is 0 Å². The first-order valence-corrected chi connectivity index (χ1v) is 5.63. The molecule has 1 aromatic rings. The van der Waals surface area contributed by atoms with Crippen molar-refractivity contribution in [3.05, 3.63) is 24.0 Å². The number of aliphatic imine (C=N–C) groups is 1. The van der Waals surface area contributed by atoms with Crippen molar-refractivity contribution in [1.82, 2.24) is 15.2 Å². The van der Waals surface area contributed by atoms with E-state index in [0.717, 1.165) is 5.69 Å². The Morgan fingerprint density at radius 1 is 1.55 bits per heavy atom. The smallest absolute Gasteiger partial charge is 0.382 e. The zero-order valence-corrected chi connectivity index (χ0v) is 13.4. The zero-order valence-electron chi connectivity index (χ0n) is 11.1. The molecule has 0 radical (unpaired) electrons. The fourth-order valence-corrected chi connectivity index (χ4v) is 1.48. The van der Waals surface area contributed by atoms with Crippen LogP contribution in [-0.4, -0.2) is 53.9 Å². The van der Waals surface area contributed by atoms with Crippen molar-refractivity contribution in [3.8, 4) is 0 Å². The van der Waals surface area contributed by atoms with Crippen LogP contribution in [0.1, 0.15) is 5.69 Å². The predicted molar refractivity (Wildman–Crippen MR) is 81.1 cm³/mol. The quantitative estimate of drug-likeness (QED) is 0.404. The van der Waals surface area contributed by atoms with Crippen LogP contribution in [0, 0.1) is 0 Å². The highest BCUT2D eigenvalue weighted by Crippen LogP contribution is 2.19. The molecule has 1 unspecified atom stereocenters. The Bertz CT molecular complexity index is 408. The van der Waals surface area contributed by atoms with E-state index in [9.17, 15) is 13.2 Å². The molecule has 0 bridgehead atoms. The lowest BCUT2D eigenvalue weighted by Gasteiger charge is -2.23. The first-order valence-electron chi connectivity index (χ1n) is 5.63. The van der Waals surface area contributed by atoms with Gasteiger partial charge in [-0.15, -0.1) is 24.0 Å². The molecule has 0 saturated carbocycles. The fourth-order valence-electron chi connectivity index (χ4n) is 1.48. The van der Waals surface area contributed by atoms with Crippen molar-refractivity contribution in [1.29, 1.82) is 0 Å². The van der Waals surface area contributed by atoms with Crippen LogP contribution in [0.2, 0.25) is 0 Å². The number of nitrogens with zero attached hydrogens (tertiary/aromatic N) is 2. The summed E-state index contributed by atoms with van der Waals surface area (Å²) in [6, 6.07) is 3.68. The molecule has 0 aromatic carbocycles. The normalized spacial score (nSPS) is 13.6. The number of aromatic nitrogens is 1. The summed E-state index contributed by atoms with van der Waals surface area (Å²) in [5.41, 5.74) is 0.904. The highest BCUT2D eigenvalue weighted by atomic mass is 127. The molecule has 0 saturated heterocycles. The monoisotopic (exact) mass is 406 g/mol. The second-order valence-electron chi connectivity index (χ2n) is 4.04. The third-order valence-corrected chi connectivity index (χ3v) is 2.47. The summed E-state index contributed by atoms with van der Waals surface area (Å²) >= 11 is 0. The third-order valence-electron chi connectivity index (χ3n) is 2.47. The zero-order chi connectivity index (χ0) is 14.5. The molecule has 9 heteroatoms. The second kappa shape index (κ2) is 8.35. The Morgan fingerprint density at radius 2 is 2.20 bits per heavy atom. The van der Waals surface area contributed by atoms with Gasteiger partial charge in [0, 0.05) is 26.0 Å². The fraction of sp³-hybridized carbons (Fsp3) is 0.545. The molecule has 20 heavy (non-hydrogen) atoms. The van der Waals surface area contributed by atoms with Crippen molar-refractivity contribution in [2.24, 2.45) is 4.99 Å². The number of aliphatic hydroxyl groups excluding tert-OH is 1. The van der Waals surface area contributed by atoms with Crippen LogP contribution in [0.3, 0.4) is 0 Å². The topological polar surface area (TPSA) is 63.7 Å². The molecule has 0 amide bonds. The third kappa shape index (κ3) is 5.99. The van der Waals surface area contributed by atoms with Gasteiger partial charge < -0.3 is 20.3 Å². The van der Waals surface area contributed by atoms with Gasteiger partial charge in [0.25, 0.3) is 0 Å². The van der Waals surface area contributed by atoms with Gasteiger partial charge in [-0.2, -0.15) is 13.2 Å². The Hall–Kier alpha value is -0.970. The van der Waals surface area contributed by atoms with E-state index in [1.165, 1.54) is 7.05 Å². The maximum absolute atomic E-state index is 12.2. The van der Waals surface area contributed by atoms with Gasteiger partial charge in [0.2, 0.25) is 0 Å². The van der Waals surface area contributed by atoms with Crippen molar-refractivity contribution in [2.45, 2.75) is 18.8 Å². The van der Waals surface area contributed by atoms with E-state index in [-0.39, 0.29) is 29.9 Å². The van der Waals surface area contributed by atoms with Crippen LogP contribution in [0.5, 0.6) is 0 Å². The second-order valence-corrected chi connectivity index (χ2v) is 4.04. The molecule has 116 valence electrons. The van der Waals surface area contributed by atoms with E-state index in [4.69, 9.17) is 5.11 Å². The molecular formula is C11H18F3IN4O. The van der Waals surface area contributed by atoms with E-state index >= 15 is 0 Å². The lowest BCUT2D eigenvalue weighted by atomic mass is 10.3. The molecular weight excluding hydrogens is 388 g/mol. The van der Waals surface area contributed by atoms with Crippen LogP contribution < -0.4 is 5.32 Å². The summed E-state index contributed by atoms with van der Waals surface area (Å²) in [5.74, 6) is 0.276. The lowest BCUT2D eigenvalue weighted by molar-refractivity contribution is -0.201. The van der Waals surface area contributed by atoms with E-state index in [1.807, 2.05) is 12.1 Å². The number of rotatable bonds is 4. The minimum Gasteiger partial charge on any atom is -0.382 e. The SMILES string of the molecule is CN=C(NCC(O)C(F)(F)F)N(C)Cc1ccc[nH]1.I. The van der Waals surface area contributed by atoms with Gasteiger partial charge in [0.1, 0.15) is 0 Å². The molecule has 0 aliphatic heterocycles. The average Bonchev–Trinajstić information content (AvgIpc) is 2.81. The van der Waals surface area contributed by atoms with Gasteiger partial charge in [-0.3, -0.25) is 4.99 Å². The number of hydrogen-bond donors (Lipinski definition) is 3. The number of aliphatic hydroxyl groups is 1. The molecule has 1 rings (SSSR count). The van der Waals surface area contributed by atoms with Crippen LogP contribution in [-0.2, 0) is 6.54 Å². The Balaban J connectivity index is 0.00000361. The first kappa shape index (κ1) is 19.0. The number of guanidine groups is 1. The van der Waals surface area contributed by atoms with Gasteiger partial charge >= 0.3 is 6.18 Å². The minimum absolute atomic E-state index is 0. The molecule has 0 aliphatic carbocycles. The maximum atomic E-state index is 12.2. The Kier molecular flexibility index (Phi) is 7.94. The van der Waals surface area contributed by atoms with Crippen LogP contribution in [0.4, 0.5) is 13.2 Å². The van der Waals surface area contributed by atoms with E-state index in [2.05, 4.69) is 15.3 Å². The molecule has 0 fully saturated rings. The van der Waals surface area contributed by atoms with Gasteiger partial charge in [-0.25, -0.2) is 0 Å². The Labute approximate surface area is 132 Å². The van der Waals surface area contributed by atoms with E-state index in [0.29, 0.717) is 6.54 Å². The van der Waals surface area contributed by atoms with Crippen LogP contribution in [0.15, 0.2) is 23.3 Å². The number of H-pyrrole nitrogens is 1. The van der Waals surface area contributed by atoms with E-state index < -0.39 is 18.8 Å². The molecule has 0 aliphatic rings. The van der Waals surface area contributed by atoms with Crippen LogP contribution >= 0.6 is 24.0 Å². The summed E-state index contributed by atoms with van der Waals surface area (Å²) in [7, 11) is 3.16. The molecule has 1 atom stereocenters. The maximum Gasteiger partial charge on any atom is 0.416 e. The summed E-state index contributed by atoms with van der Waals surface area (Å²) < 4.78 is 36.5. The highest BCUT2D eigenvalue weighted by Gasteiger charge is 2.38. The standard InChI is InChI=1S/C11H17F3N4O.HI/c1-15-10(17-6-9(19)11(12,13)14)18(2)7-8-4-3-5-16-8;/h3-5,9,16,19H,6-7H2,1-2H3,(H,15,17);1H. The van der Waals surface area contributed by atoms with E-state index in [1.54, 1.807) is 18.1 Å². The molecule has 1 heterocycles. The molecule has 1 aromatic heterocycles. The summed E-state index contributed by atoms with van der Waals surface area (Å²) in [5, 5.41) is 11.4. The average molecular weight is 406 g/mol. The number of hydrogen-bond acceptors (Lipinski definition) is 2. The molecule has 0 spiro atoms. The van der Waals surface area contributed by atoms with Crippen molar-refractivity contribution < 1.29 is 18.3 Å². The summed E-state index contributed by atoms with van der Waals surface area (Å²) in [6.45, 7) is -0.167. The van der Waals surface area contributed by atoms with Crippen molar-refractivity contribution >= 4 is 29.9 Å². The number of halogens is 4. The largest absolute Gasteiger partial charge is 0.416 e. The van der Waals surface area contributed by atoms with Gasteiger partial charge in [-0.05, 0) is 12.1 Å². The number of aromatic amines is 1. The van der Waals surface area contributed by atoms with Crippen LogP contribution in [0.25, 0.3) is 0 Å². The van der Waals surface area contributed by atoms with Gasteiger partial charge in [0.15, 0.2) is 12.1 Å². The van der Waals surface area contributed by atoms with Gasteiger partial charge in [0.05, 0.1) is 13.1 Å². The highest BCUT2D eigenvalue weighted by molar-refractivity contribution is 14.0. The predicted octanol–water partition coefficient (Wildman–Crippen LogP) is 1.56. The lowest BCUT2D eigenvalue weighted by Crippen LogP contribution is -2.45. The number of alkyl halides is 3. The molecule has 3 N–H and O–H groups in total. The van der Waals surface area contributed by atoms with Crippen molar-refractivity contribution in [2.75, 3.05) is 20.6 Å². The summed E-state index contributed by atoms with van der Waals surface area (Å²) in [6.07, 6.45) is -5.29. The summed E-state index contributed by atoms with van der Waals surface area (Å²) in [4.78, 5) is 8.49. The molecule has 5 nitrogen and oxygen atoms in total. The number of nitrogens with one attached hydrogen (secondary N) is 2. The Morgan fingerprint density at radius 3 is 2.65 bits per heavy atom. The van der Waals surface area contributed by atoms with Crippen molar-refractivity contribution in [3.63, 3.8) is 0 Å².